The van der Waals surface area contributed by atoms with E-state index in [1.807, 2.05) is 18.2 Å². The van der Waals surface area contributed by atoms with Crippen LogP contribution in [-0.4, -0.2) is 15.1 Å². The van der Waals surface area contributed by atoms with Gasteiger partial charge in [0.15, 0.2) is 0 Å². The van der Waals surface area contributed by atoms with Crippen LogP contribution in [0, 0.1) is 5.92 Å². The summed E-state index contributed by atoms with van der Waals surface area (Å²) >= 11 is 0. The van der Waals surface area contributed by atoms with E-state index in [1.165, 1.54) is 25.7 Å². The molecule has 1 aromatic heterocycles. The van der Waals surface area contributed by atoms with Crippen molar-refractivity contribution in [2.24, 2.45) is 5.92 Å². The highest BCUT2D eigenvalue weighted by Crippen LogP contribution is 2.34. The van der Waals surface area contributed by atoms with Crippen molar-refractivity contribution in [2.75, 3.05) is 0 Å². The number of aliphatic hydroxyl groups excluding tert-OH is 1. The molecule has 18 heavy (non-hydrogen) atoms. The predicted octanol–water partition coefficient (Wildman–Crippen LogP) is 3.24. The van der Waals surface area contributed by atoms with Gasteiger partial charge in [-0.15, -0.1) is 0 Å². The van der Waals surface area contributed by atoms with Crippen molar-refractivity contribution in [3.8, 4) is 0 Å². The van der Waals surface area contributed by atoms with Crippen LogP contribution in [0.3, 0.4) is 0 Å². The largest absolute Gasteiger partial charge is 0.388 e. The molecule has 1 atom stereocenters. The fourth-order valence-corrected chi connectivity index (χ4v) is 2.97. The van der Waals surface area contributed by atoms with Crippen molar-refractivity contribution in [3.05, 3.63) is 36.2 Å². The summed E-state index contributed by atoms with van der Waals surface area (Å²) in [6, 6.07) is 5.86. The molecule has 3 rings (SSSR count). The molecule has 1 unspecified atom stereocenters. The van der Waals surface area contributed by atoms with Crippen molar-refractivity contribution >= 4 is 11.0 Å². The maximum atomic E-state index is 10.4. The zero-order valence-electron chi connectivity index (χ0n) is 10.4. The average Bonchev–Trinajstić information content (AvgIpc) is 2.91. The lowest BCUT2D eigenvalue weighted by Crippen LogP contribution is -2.05. The first kappa shape index (κ1) is 11.6. The fourth-order valence-electron chi connectivity index (χ4n) is 2.97. The first-order valence-corrected chi connectivity index (χ1v) is 6.72. The molecular weight excluding hydrogens is 224 g/mol. The van der Waals surface area contributed by atoms with Gasteiger partial charge in [-0.05, 0) is 18.4 Å². The standard InChI is InChI=1S/C15H18N2O/c18-14(10-11-4-1-2-5-11)12-6-3-7-13-15(12)17-9-8-16-13/h3,6-9,11,14,18H,1-2,4-5,10H2. The fraction of sp³-hybridized carbons (Fsp3) is 0.467. The molecule has 3 nitrogen and oxygen atoms in total. The van der Waals surface area contributed by atoms with Crippen molar-refractivity contribution in [1.29, 1.82) is 0 Å². The molecule has 94 valence electrons. The molecule has 1 aliphatic rings. The van der Waals surface area contributed by atoms with Crippen LogP contribution in [0.2, 0.25) is 0 Å². The summed E-state index contributed by atoms with van der Waals surface area (Å²) in [6.07, 6.45) is 8.97. The van der Waals surface area contributed by atoms with Crippen LogP contribution in [0.5, 0.6) is 0 Å². The predicted molar refractivity (Wildman–Crippen MR) is 71.1 cm³/mol. The van der Waals surface area contributed by atoms with Gasteiger partial charge in [0.1, 0.15) is 0 Å². The number of fused-ring (bicyclic) bond motifs is 1. The van der Waals surface area contributed by atoms with Gasteiger partial charge in [0.2, 0.25) is 0 Å². The Labute approximate surface area is 107 Å². The van der Waals surface area contributed by atoms with Crippen LogP contribution in [0.25, 0.3) is 11.0 Å². The highest BCUT2D eigenvalue weighted by atomic mass is 16.3. The Morgan fingerprint density at radius 3 is 2.78 bits per heavy atom. The van der Waals surface area contributed by atoms with Gasteiger partial charge in [0.05, 0.1) is 17.1 Å². The second-order valence-electron chi connectivity index (χ2n) is 5.17. The summed E-state index contributed by atoms with van der Waals surface area (Å²) in [7, 11) is 0. The molecule has 1 aliphatic carbocycles. The number of hydrogen-bond donors (Lipinski definition) is 1. The number of aliphatic hydroxyl groups is 1. The van der Waals surface area contributed by atoms with E-state index in [9.17, 15) is 5.11 Å². The first-order chi connectivity index (χ1) is 8.84. The molecule has 0 bridgehead atoms. The number of para-hydroxylation sites is 1. The van der Waals surface area contributed by atoms with Gasteiger partial charge >= 0.3 is 0 Å². The molecule has 1 aromatic carbocycles. The lowest BCUT2D eigenvalue weighted by atomic mass is 9.95. The van der Waals surface area contributed by atoms with Gasteiger partial charge in [0.25, 0.3) is 0 Å². The number of rotatable bonds is 3. The maximum absolute atomic E-state index is 10.4. The van der Waals surface area contributed by atoms with Gasteiger partial charge in [-0.25, -0.2) is 0 Å². The van der Waals surface area contributed by atoms with E-state index in [0.717, 1.165) is 23.0 Å². The van der Waals surface area contributed by atoms with E-state index in [4.69, 9.17) is 0 Å². The van der Waals surface area contributed by atoms with E-state index < -0.39 is 6.10 Å². The minimum atomic E-state index is -0.409. The molecule has 0 amide bonds. The zero-order valence-corrected chi connectivity index (χ0v) is 10.4. The maximum Gasteiger partial charge on any atom is 0.0944 e. The summed E-state index contributed by atoms with van der Waals surface area (Å²) in [5, 5.41) is 10.4. The van der Waals surface area contributed by atoms with Crippen molar-refractivity contribution in [2.45, 2.75) is 38.2 Å². The molecular formula is C15H18N2O. The molecule has 1 N–H and O–H groups in total. The number of nitrogens with zero attached hydrogens (tertiary/aromatic N) is 2. The Balaban J connectivity index is 1.88. The summed E-state index contributed by atoms with van der Waals surface area (Å²) in [6.45, 7) is 0. The Morgan fingerprint density at radius 2 is 1.94 bits per heavy atom. The van der Waals surface area contributed by atoms with Crippen LogP contribution in [0.1, 0.15) is 43.8 Å². The van der Waals surface area contributed by atoms with E-state index >= 15 is 0 Å². The third kappa shape index (κ3) is 2.23. The molecule has 0 radical (unpaired) electrons. The topological polar surface area (TPSA) is 46.0 Å². The van der Waals surface area contributed by atoms with Gasteiger partial charge in [-0.3, -0.25) is 9.97 Å². The van der Waals surface area contributed by atoms with Crippen LogP contribution in [-0.2, 0) is 0 Å². The molecule has 0 saturated heterocycles. The monoisotopic (exact) mass is 242 g/mol. The van der Waals surface area contributed by atoms with Crippen LogP contribution >= 0.6 is 0 Å². The van der Waals surface area contributed by atoms with Crippen molar-refractivity contribution in [1.82, 2.24) is 9.97 Å². The molecule has 0 spiro atoms. The first-order valence-electron chi connectivity index (χ1n) is 6.72. The Bertz CT molecular complexity index is 530. The summed E-state index contributed by atoms with van der Waals surface area (Å²) in [4.78, 5) is 8.64. The number of aromatic nitrogens is 2. The third-order valence-electron chi connectivity index (χ3n) is 3.92. The number of hydrogen-bond acceptors (Lipinski definition) is 3. The highest BCUT2D eigenvalue weighted by Gasteiger charge is 2.21. The SMILES string of the molecule is OC(CC1CCCC1)c1cccc2nccnc12. The summed E-state index contributed by atoms with van der Waals surface area (Å²) in [5.74, 6) is 0.673. The van der Waals surface area contributed by atoms with E-state index in [-0.39, 0.29) is 0 Å². The molecule has 1 heterocycles. The molecule has 3 heteroatoms. The van der Waals surface area contributed by atoms with Crippen LogP contribution in [0.4, 0.5) is 0 Å². The highest BCUT2D eigenvalue weighted by molar-refractivity contribution is 5.77. The molecule has 1 fully saturated rings. The second kappa shape index (κ2) is 5.02. The lowest BCUT2D eigenvalue weighted by molar-refractivity contribution is 0.146. The minimum absolute atomic E-state index is 0.409. The Morgan fingerprint density at radius 1 is 1.17 bits per heavy atom. The van der Waals surface area contributed by atoms with Crippen LogP contribution in [0.15, 0.2) is 30.6 Å². The number of benzene rings is 1. The summed E-state index contributed by atoms with van der Waals surface area (Å²) in [5.41, 5.74) is 2.62. The smallest absolute Gasteiger partial charge is 0.0944 e. The second-order valence-corrected chi connectivity index (χ2v) is 5.17. The third-order valence-corrected chi connectivity index (χ3v) is 3.92. The Kier molecular flexibility index (Phi) is 3.24. The van der Waals surface area contributed by atoms with E-state index in [0.29, 0.717) is 5.92 Å². The lowest BCUT2D eigenvalue weighted by Gasteiger charge is -2.16. The average molecular weight is 242 g/mol. The van der Waals surface area contributed by atoms with Gasteiger partial charge in [-0.2, -0.15) is 0 Å². The molecule has 0 aliphatic heterocycles. The molecule has 1 saturated carbocycles. The van der Waals surface area contributed by atoms with Gasteiger partial charge in [-0.1, -0.05) is 37.8 Å². The van der Waals surface area contributed by atoms with Crippen molar-refractivity contribution < 1.29 is 5.11 Å². The zero-order chi connectivity index (χ0) is 12.4. The minimum Gasteiger partial charge on any atom is -0.388 e. The Hall–Kier alpha value is -1.48. The van der Waals surface area contributed by atoms with E-state index in [1.54, 1.807) is 12.4 Å². The molecule has 2 aromatic rings. The summed E-state index contributed by atoms with van der Waals surface area (Å²) < 4.78 is 0. The quantitative estimate of drug-likeness (QED) is 0.898. The van der Waals surface area contributed by atoms with Gasteiger partial charge in [0, 0.05) is 18.0 Å². The van der Waals surface area contributed by atoms with Crippen molar-refractivity contribution in [3.63, 3.8) is 0 Å². The normalized spacial score (nSPS) is 18.3. The van der Waals surface area contributed by atoms with Crippen LogP contribution < -0.4 is 0 Å². The van der Waals surface area contributed by atoms with Gasteiger partial charge < -0.3 is 5.11 Å². The van der Waals surface area contributed by atoms with E-state index in [2.05, 4.69) is 9.97 Å².